The van der Waals surface area contributed by atoms with Crippen molar-refractivity contribution in [3.8, 4) is 17.0 Å². The smallest absolute Gasteiger partial charge is 0.227 e. The molecule has 0 bridgehead atoms. The van der Waals surface area contributed by atoms with E-state index in [4.69, 9.17) is 26.3 Å². The molecule has 0 saturated carbocycles. The fourth-order valence-electron chi connectivity index (χ4n) is 4.05. The van der Waals surface area contributed by atoms with Gasteiger partial charge in [0, 0.05) is 47.3 Å². The maximum absolute atomic E-state index is 13.0. The van der Waals surface area contributed by atoms with Crippen LogP contribution in [-0.4, -0.2) is 41.0 Å². The molecule has 0 atom stereocenters. The van der Waals surface area contributed by atoms with Crippen LogP contribution in [0.2, 0.25) is 5.02 Å². The second-order valence-corrected chi connectivity index (χ2v) is 8.86. The summed E-state index contributed by atoms with van der Waals surface area (Å²) in [6.07, 6.45) is 1.81. The van der Waals surface area contributed by atoms with Crippen LogP contribution in [0.25, 0.3) is 11.3 Å². The summed E-state index contributed by atoms with van der Waals surface area (Å²) in [7, 11) is 1.66. The first-order valence-electron chi connectivity index (χ1n) is 11.0. The zero-order valence-electron chi connectivity index (χ0n) is 18.8. The number of ether oxygens (including phenoxy) is 1. The van der Waals surface area contributed by atoms with Crippen LogP contribution in [0.1, 0.15) is 42.4 Å². The van der Waals surface area contributed by atoms with E-state index >= 15 is 0 Å². The lowest BCUT2D eigenvalue weighted by molar-refractivity contribution is -0.130. The normalized spacial score (nSPS) is 13.6. The van der Waals surface area contributed by atoms with Crippen LogP contribution in [0, 0.1) is 0 Å². The van der Waals surface area contributed by atoms with E-state index in [2.05, 4.69) is 13.8 Å². The topological polar surface area (TPSA) is 55.3 Å². The molecular weight excluding hydrogens is 422 g/mol. The lowest BCUT2D eigenvalue weighted by Crippen LogP contribution is -2.34. The minimum absolute atomic E-state index is 0.114. The van der Waals surface area contributed by atoms with Gasteiger partial charge >= 0.3 is 0 Å². The molecule has 6 heteroatoms. The van der Waals surface area contributed by atoms with Gasteiger partial charge in [-0.3, -0.25) is 4.79 Å². The van der Waals surface area contributed by atoms with E-state index in [1.54, 1.807) is 7.11 Å². The van der Waals surface area contributed by atoms with E-state index in [1.807, 2.05) is 53.4 Å². The first-order chi connectivity index (χ1) is 15.4. The van der Waals surface area contributed by atoms with Gasteiger partial charge in [-0.05, 0) is 48.4 Å². The first kappa shape index (κ1) is 22.3. The number of amides is 1. The van der Waals surface area contributed by atoms with Crippen LogP contribution < -0.4 is 4.74 Å². The Kier molecular flexibility index (Phi) is 6.75. The molecule has 3 aromatic rings. The second kappa shape index (κ2) is 9.70. The highest BCUT2D eigenvalue weighted by molar-refractivity contribution is 6.30. The average Bonchev–Trinajstić information content (AvgIpc) is 3.01. The van der Waals surface area contributed by atoms with E-state index in [0.717, 1.165) is 52.5 Å². The van der Waals surface area contributed by atoms with E-state index in [0.29, 0.717) is 24.5 Å². The van der Waals surface area contributed by atoms with Crippen molar-refractivity contribution in [3.05, 3.63) is 76.2 Å². The van der Waals surface area contributed by atoms with Gasteiger partial charge in [0.2, 0.25) is 5.91 Å². The number of benzene rings is 2. The Labute approximate surface area is 194 Å². The van der Waals surface area contributed by atoms with Gasteiger partial charge in [-0.25, -0.2) is 9.97 Å². The predicted octanol–water partition coefficient (Wildman–Crippen LogP) is 5.10. The van der Waals surface area contributed by atoms with Crippen LogP contribution in [0.5, 0.6) is 5.75 Å². The molecule has 1 aromatic heterocycles. The van der Waals surface area contributed by atoms with Gasteiger partial charge < -0.3 is 9.64 Å². The van der Waals surface area contributed by atoms with Crippen LogP contribution in [0.15, 0.2) is 48.5 Å². The summed E-state index contributed by atoms with van der Waals surface area (Å²) in [5.74, 6) is 1.99. The number of halogens is 1. The van der Waals surface area contributed by atoms with Crippen LogP contribution in [0.3, 0.4) is 0 Å². The lowest BCUT2D eigenvalue weighted by atomic mass is 10.00. The highest BCUT2D eigenvalue weighted by Gasteiger charge is 2.24. The van der Waals surface area contributed by atoms with E-state index in [1.165, 1.54) is 0 Å². The molecule has 0 unspecified atom stereocenters. The van der Waals surface area contributed by atoms with Crippen molar-refractivity contribution in [3.63, 3.8) is 0 Å². The Morgan fingerprint density at radius 2 is 1.84 bits per heavy atom. The third kappa shape index (κ3) is 4.94. The van der Waals surface area contributed by atoms with Crippen molar-refractivity contribution >= 4 is 17.5 Å². The molecule has 1 aliphatic heterocycles. The maximum atomic E-state index is 13.0. The average molecular weight is 450 g/mol. The summed E-state index contributed by atoms with van der Waals surface area (Å²) < 4.78 is 5.31. The Morgan fingerprint density at radius 1 is 1.09 bits per heavy atom. The summed E-state index contributed by atoms with van der Waals surface area (Å²) in [5, 5.41) is 0.652. The van der Waals surface area contributed by atoms with Crippen molar-refractivity contribution in [1.82, 2.24) is 14.9 Å². The minimum atomic E-state index is 0.114. The number of methoxy groups -OCH3 is 1. The van der Waals surface area contributed by atoms with Gasteiger partial charge in [0.15, 0.2) is 0 Å². The summed E-state index contributed by atoms with van der Waals surface area (Å²) in [6, 6.07) is 15.5. The van der Waals surface area contributed by atoms with Gasteiger partial charge in [-0.2, -0.15) is 0 Å². The molecule has 2 aromatic carbocycles. The molecule has 0 radical (unpaired) electrons. The molecule has 2 heterocycles. The standard InChI is InChI=1S/C26H28ClN3O2/c1-17(2)26-28-23-12-14-30(24(31)16-18-5-4-6-20(27)15-18)13-11-22(23)25(29-26)19-7-9-21(32-3)10-8-19/h4-10,15,17H,11-14,16H2,1-3H3. The molecule has 4 rings (SSSR count). The molecule has 0 fully saturated rings. The Bertz CT molecular complexity index is 1110. The number of rotatable bonds is 5. The van der Waals surface area contributed by atoms with E-state index < -0.39 is 0 Å². The Balaban J connectivity index is 1.61. The van der Waals surface area contributed by atoms with Crippen molar-refractivity contribution < 1.29 is 9.53 Å². The Hall–Kier alpha value is -2.92. The third-order valence-corrected chi connectivity index (χ3v) is 6.07. The summed E-state index contributed by atoms with van der Waals surface area (Å²) in [5.41, 5.74) is 5.13. The summed E-state index contributed by atoms with van der Waals surface area (Å²) >= 11 is 6.09. The number of nitrogens with zero attached hydrogens (tertiary/aromatic N) is 3. The van der Waals surface area contributed by atoms with Crippen molar-refractivity contribution in [2.75, 3.05) is 20.2 Å². The van der Waals surface area contributed by atoms with Crippen molar-refractivity contribution in [2.45, 2.75) is 39.0 Å². The summed E-state index contributed by atoms with van der Waals surface area (Å²) in [4.78, 5) is 24.8. The number of hydrogen-bond acceptors (Lipinski definition) is 4. The molecular formula is C26H28ClN3O2. The predicted molar refractivity (Wildman–Crippen MR) is 127 cm³/mol. The molecule has 0 saturated heterocycles. The summed E-state index contributed by atoms with van der Waals surface area (Å²) in [6.45, 7) is 5.52. The molecule has 1 aliphatic rings. The van der Waals surface area contributed by atoms with Gasteiger partial charge in [-0.1, -0.05) is 37.6 Å². The zero-order valence-corrected chi connectivity index (χ0v) is 19.5. The first-order valence-corrected chi connectivity index (χ1v) is 11.4. The number of aromatic nitrogens is 2. The van der Waals surface area contributed by atoms with Crippen LogP contribution in [-0.2, 0) is 24.1 Å². The van der Waals surface area contributed by atoms with E-state index in [9.17, 15) is 4.79 Å². The molecule has 166 valence electrons. The molecule has 5 nitrogen and oxygen atoms in total. The van der Waals surface area contributed by atoms with Gasteiger partial charge in [0.1, 0.15) is 11.6 Å². The monoisotopic (exact) mass is 449 g/mol. The number of carbonyl (C=O) groups excluding carboxylic acids is 1. The minimum Gasteiger partial charge on any atom is -0.497 e. The SMILES string of the molecule is COc1ccc(-c2nc(C(C)C)nc3c2CCN(C(=O)Cc2cccc(Cl)c2)CC3)cc1. The van der Waals surface area contributed by atoms with Gasteiger partial charge in [0.25, 0.3) is 0 Å². The largest absolute Gasteiger partial charge is 0.497 e. The molecule has 1 amide bonds. The van der Waals surface area contributed by atoms with Gasteiger partial charge in [0.05, 0.1) is 19.2 Å². The fraction of sp³-hybridized carbons (Fsp3) is 0.346. The quantitative estimate of drug-likeness (QED) is 0.543. The van der Waals surface area contributed by atoms with Crippen LogP contribution >= 0.6 is 11.6 Å². The highest BCUT2D eigenvalue weighted by atomic mass is 35.5. The second-order valence-electron chi connectivity index (χ2n) is 8.43. The number of carbonyl (C=O) groups is 1. The highest BCUT2D eigenvalue weighted by Crippen LogP contribution is 2.29. The fourth-order valence-corrected chi connectivity index (χ4v) is 4.26. The number of hydrogen-bond donors (Lipinski definition) is 0. The Morgan fingerprint density at radius 3 is 2.53 bits per heavy atom. The van der Waals surface area contributed by atoms with Crippen molar-refractivity contribution in [2.24, 2.45) is 0 Å². The third-order valence-electron chi connectivity index (χ3n) is 5.84. The maximum Gasteiger partial charge on any atom is 0.227 e. The number of fused-ring (bicyclic) bond motifs is 1. The van der Waals surface area contributed by atoms with Crippen LogP contribution in [0.4, 0.5) is 0 Å². The lowest BCUT2D eigenvalue weighted by Gasteiger charge is -2.20. The van der Waals surface area contributed by atoms with Gasteiger partial charge in [-0.15, -0.1) is 0 Å². The molecule has 0 N–H and O–H groups in total. The van der Waals surface area contributed by atoms with E-state index in [-0.39, 0.29) is 11.8 Å². The molecule has 0 aliphatic carbocycles. The zero-order chi connectivity index (χ0) is 22.7. The molecule has 0 spiro atoms. The van der Waals surface area contributed by atoms with Crippen molar-refractivity contribution in [1.29, 1.82) is 0 Å². The molecule has 32 heavy (non-hydrogen) atoms.